The molecule has 1 aliphatic rings. The number of rotatable bonds is 9. The minimum atomic E-state index is -0.531. The standard InChI is InChI=1S/C71H48N2/c1-4-19-49(20-5-1)52-23-16-30-59(45-52)73-69-36-15-13-33-65(69)66-47-53(39-44-70(66)73)50-37-40-57(41-38-50)72(58-29-17-24-54(46-58)62-34-18-22-51-21-10-11-31-61(51)62)60-42-43-64-63-32-12-14-35-67(63)71(68(64)48-60,55-25-6-2-7-26-55)56-27-8-3-9-28-56/h1-48H. The maximum absolute atomic E-state index is 2.47. The van der Waals surface area contributed by atoms with E-state index in [-0.39, 0.29) is 0 Å². The van der Waals surface area contributed by atoms with Gasteiger partial charge in [0, 0.05) is 33.5 Å². The Morgan fingerprint density at radius 2 is 0.808 bits per heavy atom. The number of aromatic nitrogens is 1. The molecule has 2 heteroatoms. The van der Waals surface area contributed by atoms with E-state index < -0.39 is 5.41 Å². The Bertz CT molecular complexity index is 4140. The molecule has 0 saturated heterocycles. The summed E-state index contributed by atoms with van der Waals surface area (Å²) in [6.07, 6.45) is 0. The number of hydrogen-bond acceptors (Lipinski definition) is 1. The van der Waals surface area contributed by atoms with Gasteiger partial charge in [-0.25, -0.2) is 0 Å². The summed E-state index contributed by atoms with van der Waals surface area (Å²) in [5.74, 6) is 0. The molecule has 1 heterocycles. The normalized spacial score (nSPS) is 12.5. The Balaban J connectivity index is 0.924. The van der Waals surface area contributed by atoms with Gasteiger partial charge in [-0.05, 0) is 144 Å². The van der Waals surface area contributed by atoms with E-state index in [1.165, 1.54) is 93.8 Å². The lowest BCUT2D eigenvalue weighted by Crippen LogP contribution is -2.28. The van der Waals surface area contributed by atoms with Gasteiger partial charge in [0.2, 0.25) is 0 Å². The molecule has 0 saturated carbocycles. The average molecular weight is 929 g/mol. The maximum Gasteiger partial charge on any atom is 0.0714 e. The lowest BCUT2D eigenvalue weighted by molar-refractivity contribution is 0.768. The summed E-state index contributed by atoms with van der Waals surface area (Å²) in [4.78, 5) is 2.45. The van der Waals surface area contributed by atoms with Gasteiger partial charge in [-0.3, -0.25) is 0 Å². The molecule has 1 aromatic heterocycles. The van der Waals surface area contributed by atoms with Crippen LogP contribution in [0.15, 0.2) is 291 Å². The zero-order valence-corrected chi connectivity index (χ0v) is 40.1. The summed E-state index contributed by atoms with van der Waals surface area (Å²) in [5.41, 5.74) is 21.0. The SMILES string of the molecule is c1ccc(-c2cccc(-n3c4ccccc4c4cc(-c5ccc(N(c6cccc(-c7cccc8ccccc78)c6)c6ccc7c(c6)C(c6ccccc6)(c6ccccc6)c6ccccc6-7)cc5)ccc43)c2)cc1. The van der Waals surface area contributed by atoms with Gasteiger partial charge in [0.05, 0.1) is 16.4 Å². The van der Waals surface area contributed by atoms with Crippen molar-refractivity contribution in [2.75, 3.05) is 4.90 Å². The fraction of sp³-hybridized carbons (Fsp3) is 0.0141. The fourth-order valence-electron chi connectivity index (χ4n) is 12.0. The summed E-state index contributed by atoms with van der Waals surface area (Å²) < 4.78 is 2.41. The van der Waals surface area contributed by atoms with Crippen LogP contribution in [0.2, 0.25) is 0 Å². The highest BCUT2D eigenvalue weighted by Crippen LogP contribution is 2.57. The van der Waals surface area contributed by atoms with Gasteiger partial charge >= 0.3 is 0 Å². The van der Waals surface area contributed by atoms with Gasteiger partial charge in [0.15, 0.2) is 0 Å². The third-order valence-electron chi connectivity index (χ3n) is 15.2. The van der Waals surface area contributed by atoms with Crippen LogP contribution >= 0.6 is 0 Å². The Labute approximate surface area is 426 Å². The summed E-state index contributed by atoms with van der Waals surface area (Å²) >= 11 is 0. The van der Waals surface area contributed by atoms with Gasteiger partial charge in [0.1, 0.15) is 0 Å². The third kappa shape index (κ3) is 6.94. The lowest BCUT2D eigenvalue weighted by Gasteiger charge is -2.35. The molecule has 342 valence electrons. The van der Waals surface area contributed by atoms with Gasteiger partial charge in [-0.2, -0.15) is 0 Å². The van der Waals surface area contributed by atoms with E-state index in [9.17, 15) is 0 Å². The van der Waals surface area contributed by atoms with Gasteiger partial charge in [-0.15, -0.1) is 0 Å². The van der Waals surface area contributed by atoms with Crippen LogP contribution in [0.1, 0.15) is 22.3 Å². The highest BCUT2D eigenvalue weighted by molar-refractivity contribution is 6.10. The Morgan fingerprint density at radius 1 is 0.274 bits per heavy atom. The highest BCUT2D eigenvalue weighted by atomic mass is 15.1. The van der Waals surface area contributed by atoms with Crippen molar-refractivity contribution in [1.29, 1.82) is 0 Å². The van der Waals surface area contributed by atoms with Crippen molar-refractivity contribution in [2.24, 2.45) is 0 Å². The number of anilines is 3. The Morgan fingerprint density at radius 3 is 1.62 bits per heavy atom. The van der Waals surface area contributed by atoms with Crippen LogP contribution in [0.4, 0.5) is 17.1 Å². The number of hydrogen-bond donors (Lipinski definition) is 0. The molecule has 73 heavy (non-hydrogen) atoms. The second kappa shape index (κ2) is 17.4. The molecule has 2 nitrogen and oxygen atoms in total. The molecule has 1 aliphatic carbocycles. The molecule has 0 aliphatic heterocycles. The molecule has 0 N–H and O–H groups in total. The second-order valence-corrected chi connectivity index (χ2v) is 19.2. The predicted octanol–water partition coefficient (Wildman–Crippen LogP) is 18.8. The number of nitrogens with zero attached hydrogens (tertiary/aromatic N) is 2. The largest absolute Gasteiger partial charge is 0.310 e. The van der Waals surface area contributed by atoms with E-state index >= 15 is 0 Å². The Kier molecular flexibility index (Phi) is 10.1. The molecule has 0 unspecified atom stereocenters. The van der Waals surface area contributed by atoms with Crippen LogP contribution in [-0.4, -0.2) is 4.57 Å². The highest BCUT2D eigenvalue weighted by Gasteiger charge is 2.46. The van der Waals surface area contributed by atoms with E-state index in [1.54, 1.807) is 0 Å². The maximum atomic E-state index is 2.47. The van der Waals surface area contributed by atoms with E-state index in [4.69, 9.17) is 0 Å². The van der Waals surface area contributed by atoms with Crippen molar-refractivity contribution < 1.29 is 0 Å². The molecule has 13 aromatic rings. The quantitative estimate of drug-likeness (QED) is 0.140. The van der Waals surface area contributed by atoms with Crippen molar-refractivity contribution in [1.82, 2.24) is 4.57 Å². The van der Waals surface area contributed by atoms with E-state index in [0.29, 0.717) is 0 Å². The monoisotopic (exact) mass is 928 g/mol. The lowest BCUT2D eigenvalue weighted by atomic mass is 9.67. The first-order valence-corrected chi connectivity index (χ1v) is 25.2. The van der Waals surface area contributed by atoms with Crippen LogP contribution in [0.5, 0.6) is 0 Å². The molecule has 12 aromatic carbocycles. The minimum Gasteiger partial charge on any atom is -0.310 e. The van der Waals surface area contributed by atoms with Gasteiger partial charge < -0.3 is 9.47 Å². The first-order valence-electron chi connectivity index (χ1n) is 25.2. The zero-order valence-electron chi connectivity index (χ0n) is 40.1. The van der Waals surface area contributed by atoms with Crippen molar-refractivity contribution >= 4 is 49.6 Å². The van der Waals surface area contributed by atoms with Crippen molar-refractivity contribution in [3.63, 3.8) is 0 Å². The van der Waals surface area contributed by atoms with E-state index in [1.807, 2.05) is 0 Å². The number of fused-ring (bicyclic) bond motifs is 7. The fourth-order valence-corrected chi connectivity index (χ4v) is 12.0. The summed E-state index contributed by atoms with van der Waals surface area (Å²) in [6.45, 7) is 0. The summed E-state index contributed by atoms with van der Waals surface area (Å²) in [6, 6.07) is 107. The average Bonchev–Trinajstić information content (AvgIpc) is 3.96. The minimum absolute atomic E-state index is 0.531. The zero-order chi connectivity index (χ0) is 48.3. The molecule has 0 radical (unpaired) electrons. The first kappa shape index (κ1) is 42.4. The molecular weight excluding hydrogens is 881 g/mol. The van der Waals surface area contributed by atoms with Crippen molar-refractivity contribution in [3.8, 4) is 50.2 Å². The predicted molar refractivity (Wildman–Crippen MR) is 307 cm³/mol. The summed E-state index contributed by atoms with van der Waals surface area (Å²) in [7, 11) is 0. The van der Waals surface area contributed by atoms with Gasteiger partial charge in [0.25, 0.3) is 0 Å². The van der Waals surface area contributed by atoms with Crippen LogP contribution in [0, 0.1) is 0 Å². The van der Waals surface area contributed by atoms with Crippen molar-refractivity contribution in [3.05, 3.63) is 313 Å². The van der Waals surface area contributed by atoms with Crippen LogP contribution < -0.4 is 4.90 Å². The molecule has 14 rings (SSSR count). The smallest absolute Gasteiger partial charge is 0.0714 e. The molecule has 0 spiro atoms. The second-order valence-electron chi connectivity index (χ2n) is 19.2. The summed E-state index contributed by atoms with van der Waals surface area (Å²) in [5, 5.41) is 4.94. The van der Waals surface area contributed by atoms with Crippen molar-refractivity contribution in [2.45, 2.75) is 5.41 Å². The third-order valence-corrected chi connectivity index (χ3v) is 15.2. The molecule has 0 amide bonds. The van der Waals surface area contributed by atoms with Crippen LogP contribution in [-0.2, 0) is 5.41 Å². The first-order chi connectivity index (χ1) is 36.2. The molecular formula is C71H48N2. The molecule has 0 atom stereocenters. The number of para-hydroxylation sites is 1. The van der Waals surface area contributed by atoms with Gasteiger partial charge in [-0.1, -0.05) is 224 Å². The number of benzene rings is 12. The Hall–Kier alpha value is -9.50. The van der Waals surface area contributed by atoms with E-state index in [0.717, 1.165) is 28.3 Å². The molecule has 0 bridgehead atoms. The van der Waals surface area contributed by atoms with Crippen LogP contribution in [0.25, 0.3) is 82.8 Å². The van der Waals surface area contributed by atoms with E-state index in [2.05, 4.69) is 301 Å². The van der Waals surface area contributed by atoms with Crippen LogP contribution in [0.3, 0.4) is 0 Å². The topological polar surface area (TPSA) is 8.17 Å². The molecule has 0 fully saturated rings.